The fourth-order valence-electron chi connectivity index (χ4n) is 2.70. The molecule has 0 aromatic heterocycles. The van der Waals surface area contributed by atoms with Crippen molar-refractivity contribution in [2.45, 2.75) is 24.6 Å². The van der Waals surface area contributed by atoms with Crippen LogP contribution in [-0.2, 0) is 16.1 Å². The summed E-state index contributed by atoms with van der Waals surface area (Å²) in [6.07, 6.45) is 0.0314. The standard InChI is InChI=1S/C18H15ClF2N2O3/c19-18(20,21)26-14-8-6-13(7-9-14)23-16(24)10-15(17(23)25)22-11-12-4-2-1-3-5-12/h1-9,15,22H,10-11H2. The molecule has 136 valence electrons. The number of benzene rings is 2. The number of halogens is 3. The molecule has 26 heavy (non-hydrogen) atoms. The van der Waals surface area contributed by atoms with Crippen LogP contribution in [0.25, 0.3) is 0 Å². The molecular weight excluding hydrogens is 366 g/mol. The largest absolute Gasteiger partial charge is 0.487 e. The fraction of sp³-hybridized carbons (Fsp3) is 0.222. The van der Waals surface area contributed by atoms with Gasteiger partial charge < -0.3 is 10.1 Å². The minimum absolute atomic E-state index is 0.0314. The van der Waals surface area contributed by atoms with E-state index in [1.165, 1.54) is 24.3 Å². The molecule has 1 heterocycles. The van der Waals surface area contributed by atoms with E-state index in [-0.39, 0.29) is 29.7 Å². The Bertz CT molecular complexity index is 794. The molecule has 1 unspecified atom stereocenters. The zero-order chi connectivity index (χ0) is 18.7. The molecular formula is C18H15ClF2N2O3. The van der Waals surface area contributed by atoms with Crippen molar-refractivity contribution in [3.8, 4) is 5.75 Å². The van der Waals surface area contributed by atoms with Gasteiger partial charge in [-0.25, -0.2) is 4.90 Å². The lowest BCUT2D eigenvalue weighted by Crippen LogP contribution is -2.38. The van der Waals surface area contributed by atoms with Crippen LogP contribution in [0.15, 0.2) is 54.6 Å². The number of amides is 2. The lowest BCUT2D eigenvalue weighted by Gasteiger charge is -2.17. The van der Waals surface area contributed by atoms with Crippen LogP contribution in [0.2, 0.25) is 0 Å². The first-order valence-electron chi connectivity index (χ1n) is 7.83. The molecule has 0 aliphatic carbocycles. The van der Waals surface area contributed by atoms with E-state index in [1.54, 1.807) is 0 Å². The summed E-state index contributed by atoms with van der Waals surface area (Å²) >= 11 is 4.70. The highest BCUT2D eigenvalue weighted by Gasteiger charge is 2.39. The second-order valence-electron chi connectivity index (χ2n) is 5.73. The van der Waals surface area contributed by atoms with Crippen molar-refractivity contribution in [3.05, 3.63) is 60.2 Å². The second kappa shape index (κ2) is 7.39. The zero-order valence-electron chi connectivity index (χ0n) is 13.5. The number of hydrogen-bond donors (Lipinski definition) is 1. The first-order valence-corrected chi connectivity index (χ1v) is 8.21. The summed E-state index contributed by atoms with van der Waals surface area (Å²) in [5.74, 6) is -0.925. The minimum Gasteiger partial charge on any atom is -0.420 e. The Morgan fingerprint density at radius 2 is 1.77 bits per heavy atom. The Labute approximate surface area is 153 Å². The van der Waals surface area contributed by atoms with E-state index in [4.69, 9.17) is 11.6 Å². The lowest BCUT2D eigenvalue weighted by atomic mass is 10.2. The minimum atomic E-state index is -3.83. The topological polar surface area (TPSA) is 58.6 Å². The number of anilines is 1. The Balaban J connectivity index is 1.67. The van der Waals surface area contributed by atoms with E-state index in [0.29, 0.717) is 6.54 Å². The number of alkyl halides is 3. The van der Waals surface area contributed by atoms with Crippen molar-refractivity contribution in [2.75, 3.05) is 4.90 Å². The number of carbonyl (C=O) groups is 2. The predicted molar refractivity (Wildman–Crippen MR) is 92.0 cm³/mol. The number of nitrogens with zero attached hydrogens (tertiary/aromatic N) is 1. The maximum absolute atomic E-state index is 12.6. The van der Waals surface area contributed by atoms with Gasteiger partial charge in [-0.15, -0.1) is 8.78 Å². The van der Waals surface area contributed by atoms with Gasteiger partial charge in [0.05, 0.1) is 18.2 Å². The van der Waals surface area contributed by atoms with Gasteiger partial charge in [0.15, 0.2) is 0 Å². The zero-order valence-corrected chi connectivity index (χ0v) is 14.2. The van der Waals surface area contributed by atoms with E-state index < -0.39 is 11.6 Å². The number of ether oxygens (including phenoxy) is 1. The van der Waals surface area contributed by atoms with Crippen LogP contribution in [0.3, 0.4) is 0 Å². The first kappa shape index (κ1) is 18.3. The Morgan fingerprint density at radius 1 is 1.12 bits per heavy atom. The number of imide groups is 1. The Morgan fingerprint density at radius 3 is 2.38 bits per heavy atom. The molecule has 3 rings (SSSR count). The molecule has 0 radical (unpaired) electrons. The van der Waals surface area contributed by atoms with Gasteiger partial charge in [-0.05, 0) is 29.8 Å². The summed E-state index contributed by atoms with van der Waals surface area (Å²) in [6.45, 7) is 0.454. The maximum atomic E-state index is 12.6. The van der Waals surface area contributed by atoms with Crippen molar-refractivity contribution in [1.29, 1.82) is 0 Å². The predicted octanol–water partition coefficient (Wildman–Crippen LogP) is 3.28. The summed E-state index contributed by atoms with van der Waals surface area (Å²) in [6, 6.07) is 14.0. The van der Waals surface area contributed by atoms with Crippen LogP contribution in [0, 0.1) is 0 Å². The Kier molecular flexibility index (Phi) is 5.20. The summed E-state index contributed by atoms with van der Waals surface area (Å²) in [5, 5.41) is 3.07. The molecule has 1 atom stereocenters. The lowest BCUT2D eigenvalue weighted by molar-refractivity contribution is -0.121. The highest BCUT2D eigenvalue weighted by Crippen LogP contribution is 2.29. The summed E-state index contributed by atoms with van der Waals surface area (Å²) in [5.41, 5.74) is -2.54. The van der Waals surface area contributed by atoms with E-state index in [9.17, 15) is 18.4 Å². The molecule has 5 nitrogen and oxygen atoms in total. The van der Waals surface area contributed by atoms with E-state index >= 15 is 0 Å². The molecule has 1 fully saturated rings. The van der Waals surface area contributed by atoms with Crippen LogP contribution < -0.4 is 15.0 Å². The number of carbonyl (C=O) groups excluding carboxylic acids is 2. The van der Waals surface area contributed by atoms with Gasteiger partial charge in [0, 0.05) is 18.1 Å². The van der Waals surface area contributed by atoms with Gasteiger partial charge in [-0.2, -0.15) is 0 Å². The molecule has 0 spiro atoms. The normalized spacial score (nSPS) is 17.7. The van der Waals surface area contributed by atoms with Crippen LogP contribution >= 0.6 is 11.6 Å². The maximum Gasteiger partial charge on any atom is 0.487 e. The molecule has 1 aliphatic heterocycles. The third-order valence-corrected chi connectivity index (χ3v) is 3.95. The average Bonchev–Trinajstić information content (AvgIpc) is 2.87. The van der Waals surface area contributed by atoms with Crippen molar-refractivity contribution in [1.82, 2.24) is 5.32 Å². The number of hydrogen-bond acceptors (Lipinski definition) is 4. The molecule has 1 N–H and O–H groups in total. The van der Waals surface area contributed by atoms with Crippen molar-refractivity contribution >= 4 is 29.1 Å². The SMILES string of the molecule is O=C1CC(NCc2ccccc2)C(=O)N1c1ccc(OC(F)(F)Cl)cc1. The fourth-order valence-corrected chi connectivity index (χ4v) is 2.79. The molecule has 0 bridgehead atoms. The van der Waals surface area contributed by atoms with Crippen LogP contribution in [0.5, 0.6) is 5.75 Å². The summed E-state index contributed by atoms with van der Waals surface area (Å²) < 4.78 is 29.5. The van der Waals surface area contributed by atoms with Crippen LogP contribution in [0.4, 0.5) is 14.5 Å². The summed E-state index contributed by atoms with van der Waals surface area (Å²) in [4.78, 5) is 25.8. The van der Waals surface area contributed by atoms with E-state index in [2.05, 4.69) is 10.1 Å². The highest BCUT2D eigenvalue weighted by atomic mass is 35.5. The van der Waals surface area contributed by atoms with Gasteiger partial charge >= 0.3 is 5.57 Å². The third kappa shape index (κ3) is 4.36. The van der Waals surface area contributed by atoms with Gasteiger partial charge in [-0.1, -0.05) is 30.3 Å². The van der Waals surface area contributed by atoms with Gasteiger partial charge in [0.25, 0.3) is 5.91 Å². The van der Waals surface area contributed by atoms with Crippen molar-refractivity contribution in [3.63, 3.8) is 0 Å². The Hall–Kier alpha value is -2.51. The highest BCUT2D eigenvalue weighted by molar-refractivity contribution is 6.22. The van der Waals surface area contributed by atoms with Crippen LogP contribution in [0.1, 0.15) is 12.0 Å². The number of nitrogens with one attached hydrogen (secondary N) is 1. The molecule has 2 aromatic carbocycles. The molecule has 1 saturated heterocycles. The molecule has 2 aromatic rings. The van der Waals surface area contributed by atoms with E-state index in [1.807, 2.05) is 30.3 Å². The first-order chi connectivity index (χ1) is 12.3. The number of rotatable bonds is 6. The van der Waals surface area contributed by atoms with Crippen LogP contribution in [-0.4, -0.2) is 23.4 Å². The van der Waals surface area contributed by atoms with Crippen molar-refractivity contribution in [2.24, 2.45) is 0 Å². The van der Waals surface area contributed by atoms with Gasteiger partial charge in [-0.3, -0.25) is 9.59 Å². The van der Waals surface area contributed by atoms with Crippen molar-refractivity contribution < 1.29 is 23.1 Å². The molecule has 0 saturated carbocycles. The third-order valence-electron chi connectivity index (χ3n) is 3.87. The van der Waals surface area contributed by atoms with Gasteiger partial charge in [0.1, 0.15) is 5.75 Å². The average molecular weight is 381 g/mol. The quantitative estimate of drug-likeness (QED) is 0.617. The molecule has 8 heteroatoms. The molecule has 2 amide bonds. The smallest absolute Gasteiger partial charge is 0.420 e. The second-order valence-corrected chi connectivity index (χ2v) is 6.17. The van der Waals surface area contributed by atoms with E-state index in [0.717, 1.165) is 10.5 Å². The summed E-state index contributed by atoms with van der Waals surface area (Å²) in [7, 11) is 0. The molecule has 1 aliphatic rings. The monoisotopic (exact) mass is 380 g/mol. The van der Waals surface area contributed by atoms with Gasteiger partial charge in [0.2, 0.25) is 5.91 Å².